The molecular formula is C18H16F2N4O3. The van der Waals surface area contributed by atoms with E-state index in [2.05, 4.69) is 0 Å². The van der Waals surface area contributed by atoms with Gasteiger partial charge in [-0.3, -0.25) is 9.36 Å². The maximum Gasteiger partial charge on any atom is 0.369 e. The Morgan fingerprint density at radius 2 is 1.93 bits per heavy atom. The summed E-state index contributed by atoms with van der Waals surface area (Å²) < 4.78 is 29.2. The second-order valence-corrected chi connectivity index (χ2v) is 6.53. The number of benzene rings is 2. The molecule has 0 aliphatic carbocycles. The molecule has 0 bridgehead atoms. The lowest BCUT2D eigenvalue weighted by Crippen LogP contribution is -2.38. The van der Waals surface area contributed by atoms with Crippen molar-refractivity contribution in [3.05, 3.63) is 68.9 Å². The molecule has 1 aliphatic rings. The van der Waals surface area contributed by atoms with Gasteiger partial charge in [-0.05, 0) is 36.8 Å². The summed E-state index contributed by atoms with van der Waals surface area (Å²) in [6.45, 7) is 0.967. The molecule has 0 spiro atoms. The van der Waals surface area contributed by atoms with Crippen LogP contribution in [0.15, 0.2) is 46.0 Å². The van der Waals surface area contributed by atoms with Crippen molar-refractivity contribution in [2.45, 2.75) is 12.5 Å². The van der Waals surface area contributed by atoms with Crippen LogP contribution in [-0.2, 0) is 0 Å². The van der Waals surface area contributed by atoms with Gasteiger partial charge in [0.15, 0.2) is 0 Å². The van der Waals surface area contributed by atoms with Gasteiger partial charge in [-0.1, -0.05) is 10.8 Å². The van der Waals surface area contributed by atoms with E-state index in [9.17, 15) is 23.6 Å². The lowest BCUT2D eigenvalue weighted by atomic mass is 10.2. The van der Waals surface area contributed by atoms with E-state index in [0.29, 0.717) is 19.5 Å². The van der Waals surface area contributed by atoms with Crippen LogP contribution in [0.2, 0.25) is 0 Å². The topological polar surface area (TPSA) is 93.5 Å². The first-order valence-corrected chi connectivity index (χ1v) is 8.34. The van der Waals surface area contributed by atoms with Crippen LogP contribution < -0.4 is 21.9 Å². The third kappa shape index (κ3) is 2.76. The van der Waals surface area contributed by atoms with Crippen LogP contribution in [0.5, 0.6) is 0 Å². The van der Waals surface area contributed by atoms with E-state index in [4.69, 9.17) is 5.73 Å². The first-order chi connectivity index (χ1) is 12.9. The van der Waals surface area contributed by atoms with Crippen molar-refractivity contribution in [3.8, 4) is 5.69 Å². The Bertz CT molecular complexity index is 1170. The quantitative estimate of drug-likeness (QED) is 0.658. The summed E-state index contributed by atoms with van der Waals surface area (Å²) in [5, 5.41) is 9.65. The normalized spacial score (nSPS) is 17.0. The summed E-state index contributed by atoms with van der Waals surface area (Å²) >= 11 is 0. The van der Waals surface area contributed by atoms with Gasteiger partial charge in [-0.15, -0.1) is 0 Å². The number of halogens is 2. The molecule has 1 saturated heterocycles. The Hall–Kier alpha value is -3.20. The molecule has 7 nitrogen and oxygen atoms in total. The second kappa shape index (κ2) is 6.20. The van der Waals surface area contributed by atoms with E-state index in [1.54, 1.807) is 4.90 Å². The lowest BCUT2D eigenvalue weighted by molar-refractivity contribution is 0.160. The number of hydrogen-bond acceptors (Lipinski definition) is 5. The zero-order valence-electron chi connectivity index (χ0n) is 14.1. The molecule has 1 fully saturated rings. The fourth-order valence-electron chi connectivity index (χ4n) is 3.42. The van der Waals surface area contributed by atoms with Crippen molar-refractivity contribution in [1.29, 1.82) is 0 Å². The van der Waals surface area contributed by atoms with E-state index < -0.39 is 22.9 Å². The van der Waals surface area contributed by atoms with Crippen LogP contribution in [-0.4, -0.2) is 33.6 Å². The van der Waals surface area contributed by atoms with Crippen LogP contribution in [0.4, 0.5) is 14.5 Å². The number of aromatic nitrogens is 2. The Labute approximate surface area is 151 Å². The highest BCUT2D eigenvalue weighted by Crippen LogP contribution is 2.28. The van der Waals surface area contributed by atoms with Crippen molar-refractivity contribution >= 4 is 16.6 Å². The van der Waals surface area contributed by atoms with Gasteiger partial charge >= 0.3 is 5.69 Å². The molecule has 1 aromatic heterocycles. The molecule has 140 valence electrons. The SMILES string of the molecule is NC1CCN(c2cc3c(cc2F)c(=O)n(O)c(=O)n3-c2cccc(F)c2)C1. The molecule has 3 N–H and O–H groups in total. The number of rotatable bonds is 2. The molecule has 27 heavy (non-hydrogen) atoms. The standard InChI is InChI=1S/C18H16F2N4O3/c19-10-2-1-3-12(6-10)23-15-8-16(22-5-4-11(21)9-22)14(20)7-13(15)17(25)24(27)18(23)26/h1-3,6-8,11,27H,4-5,9,21H2. The van der Waals surface area contributed by atoms with Gasteiger partial charge in [-0.25, -0.2) is 13.6 Å². The molecule has 4 rings (SSSR count). The van der Waals surface area contributed by atoms with Crippen LogP contribution in [0, 0.1) is 11.6 Å². The third-order valence-corrected chi connectivity index (χ3v) is 4.73. The molecule has 2 heterocycles. The largest absolute Gasteiger partial charge is 0.421 e. The monoisotopic (exact) mass is 374 g/mol. The third-order valence-electron chi connectivity index (χ3n) is 4.73. The number of anilines is 1. The van der Waals surface area contributed by atoms with Gasteiger partial charge in [0.1, 0.15) is 11.6 Å². The predicted molar refractivity (Wildman–Crippen MR) is 95.7 cm³/mol. The Kier molecular flexibility index (Phi) is 3.96. The second-order valence-electron chi connectivity index (χ2n) is 6.53. The molecule has 1 aliphatic heterocycles. The van der Waals surface area contributed by atoms with Crippen molar-refractivity contribution < 1.29 is 14.0 Å². The zero-order chi connectivity index (χ0) is 19.3. The minimum atomic E-state index is -1.08. The molecule has 2 aromatic carbocycles. The van der Waals surface area contributed by atoms with Gasteiger partial charge in [0.2, 0.25) is 0 Å². The maximum atomic E-state index is 14.6. The van der Waals surface area contributed by atoms with E-state index in [0.717, 1.165) is 16.7 Å². The number of hydrogen-bond donors (Lipinski definition) is 2. The molecule has 0 radical (unpaired) electrons. The average molecular weight is 374 g/mol. The molecule has 0 saturated carbocycles. The van der Waals surface area contributed by atoms with E-state index in [1.807, 2.05) is 0 Å². The summed E-state index contributed by atoms with van der Waals surface area (Å²) in [6, 6.07) is 7.34. The Morgan fingerprint density at radius 1 is 1.15 bits per heavy atom. The molecule has 1 atom stereocenters. The summed E-state index contributed by atoms with van der Waals surface area (Å²) in [5.41, 5.74) is 4.12. The summed E-state index contributed by atoms with van der Waals surface area (Å²) in [7, 11) is 0. The summed E-state index contributed by atoms with van der Waals surface area (Å²) in [4.78, 5) is 26.5. The van der Waals surface area contributed by atoms with Crippen LogP contribution in [0.3, 0.4) is 0 Å². The highest BCUT2D eigenvalue weighted by molar-refractivity contribution is 5.84. The molecule has 0 amide bonds. The number of nitrogens with two attached hydrogens (primary N) is 1. The molecule has 1 unspecified atom stereocenters. The van der Waals surface area contributed by atoms with Crippen LogP contribution >= 0.6 is 0 Å². The van der Waals surface area contributed by atoms with Gasteiger partial charge in [0.05, 0.1) is 22.3 Å². The van der Waals surface area contributed by atoms with Gasteiger partial charge in [-0.2, -0.15) is 0 Å². The van der Waals surface area contributed by atoms with Crippen molar-refractivity contribution in [1.82, 2.24) is 9.30 Å². The fraction of sp³-hybridized carbons (Fsp3) is 0.222. The number of fused-ring (bicyclic) bond motifs is 1. The molecule has 3 aromatic rings. The van der Waals surface area contributed by atoms with Gasteiger partial charge in [0, 0.05) is 19.1 Å². The van der Waals surface area contributed by atoms with Crippen molar-refractivity contribution in [2.24, 2.45) is 5.73 Å². The maximum absolute atomic E-state index is 14.6. The van der Waals surface area contributed by atoms with Gasteiger partial charge < -0.3 is 15.8 Å². The van der Waals surface area contributed by atoms with E-state index >= 15 is 0 Å². The van der Waals surface area contributed by atoms with Gasteiger partial charge in [0.25, 0.3) is 5.56 Å². The van der Waals surface area contributed by atoms with Crippen LogP contribution in [0.1, 0.15) is 6.42 Å². The van der Waals surface area contributed by atoms with E-state index in [1.165, 1.54) is 24.3 Å². The summed E-state index contributed by atoms with van der Waals surface area (Å²) in [5.74, 6) is -1.27. The summed E-state index contributed by atoms with van der Waals surface area (Å²) in [6.07, 6.45) is 0.687. The smallest absolute Gasteiger partial charge is 0.369 e. The molecule has 9 heteroatoms. The minimum absolute atomic E-state index is 0.0674. The minimum Gasteiger partial charge on any atom is -0.421 e. The number of nitrogens with zero attached hydrogens (tertiary/aromatic N) is 3. The predicted octanol–water partition coefficient (Wildman–Crippen LogP) is 1.21. The Balaban J connectivity index is 2.07. The van der Waals surface area contributed by atoms with Crippen molar-refractivity contribution in [3.63, 3.8) is 0 Å². The van der Waals surface area contributed by atoms with Crippen LogP contribution in [0.25, 0.3) is 16.6 Å². The first kappa shape index (κ1) is 17.2. The zero-order valence-corrected chi connectivity index (χ0v) is 14.1. The van der Waals surface area contributed by atoms with E-state index in [-0.39, 0.29) is 33.0 Å². The average Bonchev–Trinajstić information content (AvgIpc) is 3.06. The van der Waals surface area contributed by atoms with Crippen molar-refractivity contribution in [2.75, 3.05) is 18.0 Å². The Morgan fingerprint density at radius 3 is 2.59 bits per heavy atom. The first-order valence-electron chi connectivity index (χ1n) is 8.34. The molecular weight excluding hydrogens is 358 g/mol. The highest BCUT2D eigenvalue weighted by atomic mass is 19.1. The lowest BCUT2D eigenvalue weighted by Gasteiger charge is -2.20. The highest BCUT2D eigenvalue weighted by Gasteiger charge is 2.24. The fourth-order valence-corrected chi connectivity index (χ4v) is 3.42.